The first kappa shape index (κ1) is 17.5. The fourth-order valence-electron chi connectivity index (χ4n) is 3.07. The highest BCUT2D eigenvalue weighted by molar-refractivity contribution is 7.14. The topological polar surface area (TPSA) is 67.4 Å². The second-order valence-electron chi connectivity index (χ2n) is 6.22. The predicted octanol–water partition coefficient (Wildman–Crippen LogP) is 3.35. The van der Waals surface area contributed by atoms with Gasteiger partial charge in [0.15, 0.2) is 0 Å². The van der Waals surface area contributed by atoms with Crippen molar-refractivity contribution < 1.29 is 14.3 Å². The number of aryl methyl sites for hydroxylation is 1. The van der Waals surface area contributed by atoms with Crippen molar-refractivity contribution in [2.45, 2.75) is 32.6 Å². The monoisotopic (exact) mass is 358 g/mol. The van der Waals surface area contributed by atoms with Gasteiger partial charge >= 0.3 is 0 Å². The van der Waals surface area contributed by atoms with Crippen LogP contribution in [0.25, 0.3) is 0 Å². The lowest BCUT2D eigenvalue weighted by Gasteiger charge is -2.19. The lowest BCUT2D eigenvalue weighted by Crippen LogP contribution is -2.41. The molecule has 1 aliphatic rings. The molecular weight excluding hydrogens is 336 g/mol. The minimum Gasteiger partial charge on any atom is -0.497 e. The van der Waals surface area contributed by atoms with Gasteiger partial charge in [-0.2, -0.15) is 0 Å². The molecule has 1 heterocycles. The van der Waals surface area contributed by atoms with Crippen LogP contribution in [0.4, 0.5) is 0 Å². The average Bonchev–Trinajstić information content (AvgIpc) is 3.09. The molecule has 0 bridgehead atoms. The summed E-state index contributed by atoms with van der Waals surface area (Å²) in [5, 5.41) is 0. The van der Waals surface area contributed by atoms with Crippen LogP contribution < -0.4 is 15.6 Å². The van der Waals surface area contributed by atoms with Crippen LogP contribution in [-0.4, -0.2) is 18.9 Å². The molecule has 132 valence electrons. The number of thiophene rings is 1. The summed E-state index contributed by atoms with van der Waals surface area (Å²) < 4.78 is 5.10. The minimum absolute atomic E-state index is 0.274. The van der Waals surface area contributed by atoms with Crippen LogP contribution in [0.2, 0.25) is 0 Å². The smallest absolute Gasteiger partial charge is 0.279 e. The molecule has 2 N–H and O–H groups in total. The minimum atomic E-state index is -0.375. The zero-order chi connectivity index (χ0) is 17.8. The Hall–Kier alpha value is -2.34. The number of hydrogen-bond acceptors (Lipinski definition) is 4. The average molecular weight is 358 g/mol. The van der Waals surface area contributed by atoms with E-state index in [1.807, 2.05) is 6.07 Å². The van der Waals surface area contributed by atoms with Gasteiger partial charge in [0, 0.05) is 10.4 Å². The Morgan fingerprint density at radius 2 is 2.04 bits per heavy atom. The van der Waals surface area contributed by atoms with E-state index >= 15 is 0 Å². The van der Waals surface area contributed by atoms with Crippen molar-refractivity contribution in [1.29, 1.82) is 0 Å². The third-order valence-electron chi connectivity index (χ3n) is 4.61. The fourth-order valence-corrected chi connectivity index (χ4v) is 4.17. The number of carbonyl (C=O) groups excluding carboxylic acids is 2. The van der Waals surface area contributed by atoms with Gasteiger partial charge in [-0.05, 0) is 55.0 Å². The number of nitrogens with one attached hydrogen (secondary N) is 2. The van der Waals surface area contributed by atoms with Crippen LogP contribution in [0.15, 0.2) is 30.3 Å². The Morgan fingerprint density at radius 3 is 2.80 bits per heavy atom. The number of hydrogen-bond donors (Lipinski definition) is 2. The second kappa shape index (κ2) is 7.70. The van der Waals surface area contributed by atoms with Crippen LogP contribution in [0.3, 0.4) is 0 Å². The molecule has 1 aromatic heterocycles. The largest absolute Gasteiger partial charge is 0.497 e. The number of fused-ring (bicyclic) bond motifs is 1. The maximum absolute atomic E-state index is 12.3. The molecule has 0 aliphatic heterocycles. The Morgan fingerprint density at radius 1 is 1.24 bits per heavy atom. The maximum Gasteiger partial charge on any atom is 0.279 e. The first-order valence-corrected chi connectivity index (χ1v) is 9.28. The second-order valence-corrected chi connectivity index (χ2v) is 7.35. The molecule has 3 rings (SSSR count). The maximum atomic E-state index is 12.3. The van der Waals surface area contributed by atoms with Crippen molar-refractivity contribution >= 4 is 23.2 Å². The predicted molar refractivity (Wildman–Crippen MR) is 98.1 cm³/mol. The molecule has 1 aliphatic carbocycles. The lowest BCUT2D eigenvalue weighted by atomic mass is 9.87. The summed E-state index contributed by atoms with van der Waals surface area (Å²) in [5.41, 5.74) is 6.67. The molecule has 1 aromatic carbocycles. The number of amides is 2. The normalized spacial score (nSPS) is 16.0. The van der Waals surface area contributed by atoms with E-state index in [-0.39, 0.29) is 11.8 Å². The molecule has 0 fully saturated rings. The zero-order valence-electron chi connectivity index (χ0n) is 14.4. The van der Waals surface area contributed by atoms with Crippen LogP contribution in [0.1, 0.15) is 50.2 Å². The molecule has 5 nitrogen and oxygen atoms in total. The molecule has 25 heavy (non-hydrogen) atoms. The quantitative estimate of drug-likeness (QED) is 0.824. The molecule has 0 saturated carbocycles. The summed E-state index contributed by atoms with van der Waals surface area (Å²) >= 11 is 1.53. The van der Waals surface area contributed by atoms with E-state index in [4.69, 9.17) is 4.74 Å². The van der Waals surface area contributed by atoms with Gasteiger partial charge in [0.05, 0.1) is 12.0 Å². The summed E-state index contributed by atoms with van der Waals surface area (Å²) in [6.07, 6.45) is 4.46. The van der Waals surface area contributed by atoms with E-state index in [9.17, 15) is 9.59 Å². The van der Waals surface area contributed by atoms with E-state index in [0.29, 0.717) is 22.1 Å². The summed E-state index contributed by atoms with van der Waals surface area (Å²) in [6, 6.07) is 8.74. The number of carbonyl (C=O) groups is 2. The Labute approximate surface area is 151 Å². The first-order chi connectivity index (χ1) is 12.1. The SMILES string of the molecule is CC[C@@H]1CCc2sc(C(=O)NNC(=O)c3cccc(OC)c3)cc2C1. The van der Waals surface area contributed by atoms with Gasteiger partial charge in [0.2, 0.25) is 0 Å². The van der Waals surface area contributed by atoms with Gasteiger partial charge in [-0.25, -0.2) is 0 Å². The third kappa shape index (κ3) is 4.02. The summed E-state index contributed by atoms with van der Waals surface area (Å²) in [6.45, 7) is 2.21. The Balaban J connectivity index is 1.61. The van der Waals surface area contributed by atoms with Crippen LogP contribution in [0, 0.1) is 5.92 Å². The molecule has 0 unspecified atom stereocenters. The van der Waals surface area contributed by atoms with Crippen LogP contribution >= 0.6 is 11.3 Å². The standard InChI is InChI=1S/C19H22N2O3S/c1-3-12-7-8-16-14(9-12)11-17(25-16)19(23)21-20-18(22)13-5-4-6-15(10-13)24-2/h4-6,10-12H,3,7-9H2,1-2H3,(H,20,22)(H,21,23)/t12-/m1/s1. The molecule has 0 spiro atoms. The summed E-state index contributed by atoms with van der Waals surface area (Å²) in [7, 11) is 1.54. The highest BCUT2D eigenvalue weighted by atomic mass is 32.1. The van der Waals surface area contributed by atoms with Gasteiger partial charge in [-0.3, -0.25) is 20.4 Å². The molecule has 2 amide bonds. The van der Waals surface area contributed by atoms with Gasteiger partial charge < -0.3 is 4.74 Å². The van der Waals surface area contributed by atoms with Gasteiger partial charge in [-0.1, -0.05) is 19.4 Å². The third-order valence-corrected chi connectivity index (χ3v) is 5.84. The Kier molecular flexibility index (Phi) is 5.38. The van der Waals surface area contributed by atoms with E-state index < -0.39 is 0 Å². The van der Waals surface area contributed by atoms with Crippen LogP contribution in [0.5, 0.6) is 5.75 Å². The molecule has 0 radical (unpaired) electrons. The number of methoxy groups -OCH3 is 1. The number of benzene rings is 1. The van der Waals surface area contributed by atoms with Crippen molar-refractivity contribution in [1.82, 2.24) is 10.9 Å². The summed E-state index contributed by atoms with van der Waals surface area (Å²) in [5.74, 6) is 0.657. The van der Waals surface area contributed by atoms with Crippen LogP contribution in [-0.2, 0) is 12.8 Å². The van der Waals surface area contributed by atoms with Crippen molar-refractivity contribution in [3.63, 3.8) is 0 Å². The zero-order valence-corrected chi connectivity index (χ0v) is 15.2. The molecule has 2 aromatic rings. The highest BCUT2D eigenvalue weighted by Crippen LogP contribution is 2.33. The molecule has 0 saturated heterocycles. The first-order valence-electron chi connectivity index (χ1n) is 8.47. The molecule has 1 atom stereocenters. The molecule has 6 heteroatoms. The highest BCUT2D eigenvalue weighted by Gasteiger charge is 2.22. The van der Waals surface area contributed by atoms with Gasteiger partial charge in [0.25, 0.3) is 11.8 Å². The van der Waals surface area contributed by atoms with Crippen molar-refractivity contribution in [2.24, 2.45) is 5.92 Å². The fraction of sp³-hybridized carbons (Fsp3) is 0.368. The van der Waals surface area contributed by atoms with Crippen molar-refractivity contribution in [3.8, 4) is 5.75 Å². The molecular formula is C19H22N2O3S. The van der Waals surface area contributed by atoms with Crippen molar-refractivity contribution in [2.75, 3.05) is 7.11 Å². The van der Waals surface area contributed by atoms with Gasteiger partial charge in [-0.15, -0.1) is 11.3 Å². The number of hydrazine groups is 1. The van der Waals surface area contributed by atoms with E-state index in [1.54, 1.807) is 31.4 Å². The number of ether oxygens (including phenoxy) is 1. The summed E-state index contributed by atoms with van der Waals surface area (Å²) in [4.78, 5) is 26.4. The van der Waals surface area contributed by atoms with E-state index in [2.05, 4.69) is 17.8 Å². The van der Waals surface area contributed by atoms with E-state index in [1.165, 1.54) is 34.6 Å². The Bertz CT molecular complexity index is 785. The van der Waals surface area contributed by atoms with Gasteiger partial charge in [0.1, 0.15) is 5.75 Å². The van der Waals surface area contributed by atoms with E-state index in [0.717, 1.165) is 12.8 Å². The number of rotatable bonds is 4. The lowest BCUT2D eigenvalue weighted by molar-refractivity contribution is 0.0848. The van der Waals surface area contributed by atoms with Crippen molar-refractivity contribution in [3.05, 3.63) is 51.2 Å².